The molecule has 5 nitrogen and oxygen atoms in total. The van der Waals surface area contributed by atoms with Gasteiger partial charge in [0.05, 0.1) is 24.3 Å². The van der Waals surface area contributed by atoms with Gasteiger partial charge in [0.25, 0.3) is 0 Å². The lowest BCUT2D eigenvalue weighted by Gasteiger charge is -2.18. The monoisotopic (exact) mass is 365 g/mol. The Morgan fingerprint density at radius 1 is 1.12 bits per heavy atom. The fourth-order valence-corrected chi connectivity index (χ4v) is 2.05. The fraction of sp³-hybridized carbons (Fsp3) is 0.222. The first-order valence-corrected chi connectivity index (χ1v) is 7.39. The van der Waals surface area contributed by atoms with Crippen molar-refractivity contribution >= 4 is 5.97 Å². The Bertz CT molecular complexity index is 843. The van der Waals surface area contributed by atoms with Gasteiger partial charge in [0, 0.05) is 6.07 Å². The number of ether oxygens (including phenoxy) is 3. The van der Waals surface area contributed by atoms with E-state index < -0.39 is 29.6 Å². The first-order chi connectivity index (χ1) is 12.3. The van der Waals surface area contributed by atoms with Crippen LogP contribution in [0.15, 0.2) is 42.5 Å². The topological polar surface area (TPSA) is 68.5 Å². The van der Waals surface area contributed by atoms with Crippen LogP contribution in [0.1, 0.15) is 18.1 Å². The van der Waals surface area contributed by atoms with Gasteiger partial charge in [0.15, 0.2) is 17.6 Å². The second-order valence-electron chi connectivity index (χ2n) is 5.15. The summed E-state index contributed by atoms with van der Waals surface area (Å²) in [5.41, 5.74) is -0.694. The molecular weight excluding hydrogens is 351 g/mol. The van der Waals surface area contributed by atoms with Crippen molar-refractivity contribution in [3.05, 3.63) is 53.6 Å². The standard InChI is InChI=1S/C18H14F3NO4/c1-11(25-14-6-4-3-5-13(14)18(19,20)21)17(23)26-15-8-7-12(10-22)9-16(15)24-2/h3-9,11H,1-2H3. The molecule has 0 N–H and O–H groups in total. The Morgan fingerprint density at radius 2 is 1.81 bits per heavy atom. The highest BCUT2D eigenvalue weighted by molar-refractivity contribution is 5.78. The van der Waals surface area contributed by atoms with E-state index >= 15 is 0 Å². The van der Waals surface area contributed by atoms with Crippen molar-refractivity contribution in [3.63, 3.8) is 0 Å². The Labute approximate surface area is 147 Å². The average Bonchev–Trinajstić information content (AvgIpc) is 2.61. The maximum absolute atomic E-state index is 13.0. The number of hydrogen-bond donors (Lipinski definition) is 0. The van der Waals surface area contributed by atoms with Crippen LogP contribution in [0.5, 0.6) is 17.2 Å². The summed E-state index contributed by atoms with van der Waals surface area (Å²) in [7, 11) is 1.33. The van der Waals surface area contributed by atoms with E-state index in [1.165, 1.54) is 44.4 Å². The Balaban J connectivity index is 2.16. The number of carbonyl (C=O) groups is 1. The van der Waals surface area contributed by atoms with Crippen molar-refractivity contribution in [1.82, 2.24) is 0 Å². The van der Waals surface area contributed by atoms with Crippen LogP contribution in [0.3, 0.4) is 0 Å². The quantitative estimate of drug-likeness (QED) is 0.593. The minimum Gasteiger partial charge on any atom is -0.493 e. The van der Waals surface area contributed by atoms with Gasteiger partial charge in [-0.25, -0.2) is 4.79 Å². The molecule has 1 unspecified atom stereocenters. The van der Waals surface area contributed by atoms with Gasteiger partial charge in [-0.2, -0.15) is 18.4 Å². The lowest BCUT2D eigenvalue weighted by atomic mass is 10.2. The number of alkyl halides is 3. The van der Waals surface area contributed by atoms with Crippen molar-refractivity contribution in [2.75, 3.05) is 7.11 Å². The SMILES string of the molecule is COc1cc(C#N)ccc1OC(=O)C(C)Oc1ccccc1C(F)(F)F. The second-order valence-corrected chi connectivity index (χ2v) is 5.15. The summed E-state index contributed by atoms with van der Waals surface area (Å²) in [6.07, 6.45) is -5.92. The number of benzene rings is 2. The van der Waals surface area contributed by atoms with Crippen molar-refractivity contribution in [2.24, 2.45) is 0 Å². The lowest BCUT2D eigenvalue weighted by Crippen LogP contribution is -2.29. The van der Waals surface area contributed by atoms with Crippen LogP contribution in [0.2, 0.25) is 0 Å². The van der Waals surface area contributed by atoms with Crippen molar-refractivity contribution < 1.29 is 32.2 Å². The molecule has 26 heavy (non-hydrogen) atoms. The van der Waals surface area contributed by atoms with E-state index in [0.29, 0.717) is 5.56 Å². The molecule has 0 spiro atoms. The highest BCUT2D eigenvalue weighted by atomic mass is 19.4. The number of nitrogens with zero attached hydrogens (tertiary/aromatic N) is 1. The van der Waals surface area contributed by atoms with E-state index in [1.807, 2.05) is 6.07 Å². The normalized spacial score (nSPS) is 12.0. The predicted molar refractivity (Wildman–Crippen MR) is 84.9 cm³/mol. The lowest BCUT2D eigenvalue weighted by molar-refractivity contribution is -0.145. The van der Waals surface area contributed by atoms with Crippen LogP contribution in [0.4, 0.5) is 13.2 Å². The van der Waals surface area contributed by atoms with E-state index in [0.717, 1.165) is 12.1 Å². The third-order valence-corrected chi connectivity index (χ3v) is 3.33. The van der Waals surface area contributed by atoms with Gasteiger partial charge >= 0.3 is 12.1 Å². The van der Waals surface area contributed by atoms with Crippen molar-refractivity contribution in [3.8, 4) is 23.3 Å². The number of para-hydroxylation sites is 1. The third-order valence-electron chi connectivity index (χ3n) is 3.33. The molecule has 0 fully saturated rings. The summed E-state index contributed by atoms with van der Waals surface area (Å²) in [6, 6.07) is 10.6. The molecule has 8 heteroatoms. The summed E-state index contributed by atoms with van der Waals surface area (Å²) in [4.78, 5) is 12.2. The van der Waals surface area contributed by atoms with Crippen LogP contribution in [0, 0.1) is 11.3 Å². The summed E-state index contributed by atoms with van der Waals surface area (Å²) >= 11 is 0. The van der Waals surface area contributed by atoms with Gasteiger partial charge in [-0.05, 0) is 31.2 Å². The van der Waals surface area contributed by atoms with Crippen LogP contribution < -0.4 is 14.2 Å². The molecule has 136 valence electrons. The smallest absolute Gasteiger partial charge is 0.419 e. The molecule has 0 amide bonds. The molecule has 0 bridgehead atoms. The van der Waals surface area contributed by atoms with Gasteiger partial charge in [0.1, 0.15) is 5.75 Å². The zero-order valence-electron chi connectivity index (χ0n) is 13.8. The molecule has 0 aromatic heterocycles. The van der Waals surface area contributed by atoms with Gasteiger partial charge in [-0.1, -0.05) is 12.1 Å². The Kier molecular flexibility index (Phi) is 5.72. The molecule has 0 aliphatic rings. The number of rotatable bonds is 5. The maximum Gasteiger partial charge on any atom is 0.419 e. The molecule has 0 heterocycles. The largest absolute Gasteiger partial charge is 0.493 e. The molecule has 2 rings (SSSR count). The summed E-state index contributed by atoms with van der Waals surface area (Å²) in [6.45, 7) is 1.27. The minimum absolute atomic E-state index is 0.0241. The average molecular weight is 365 g/mol. The third kappa shape index (κ3) is 4.45. The number of methoxy groups -OCH3 is 1. The van der Waals surface area contributed by atoms with E-state index in [2.05, 4.69) is 0 Å². The Morgan fingerprint density at radius 3 is 2.42 bits per heavy atom. The molecule has 0 saturated heterocycles. The number of nitriles is 1. The number of carbonyl (C=O) groups excluding carboxylic acids is 1. The van der Waals surface area contributed by atoms with E-state index in [9.17, 15) is 18.0 Å². The second kappa shape index (κ2) is 7.78. The number of hydrogen-bond acceptors (Lipinski definition) is 5. The van der Waals surface area contributed by atoms with Gasteiger partial charge in [-0.15, -0.1) is 0 Å². The van der Waals surface area contributed by atoms with Gasteiger partial charge in [0.2, 0.25) is 0 Å². The summed E-state index contributed by atoms with van der Waals surface area (Å²) in [5.74, 6) is -1.22. The molecule has 2 aromatic rings. The summed E-state index contributed by atoms with van der Waals surface area (Å²) < 4.78 is 54.2. The maximum atomic E-state index is 13.0. The van der Waals surface area contributed by atoms with Crippen LogP contribution in [-0.4, -0.2) is 19.2 Å². The van der Waals surface area contributed by atoms with Crippen molar-refractivity contribution in [2.45, 2.75) is 19.2 Å². The number of halogens is 3. The molecule has 1 atom stereocenters. The first kappa shape index (κ1) is 19.1. The van der Waals surface area contributed by atoms with Gasteiger partial charge in [-0.3, -0.25) is 0 Å². The van der Waals surface area contributed by atoms with Crippen LogP contribution >= 0.6 is 0 Å². The van der Waals surface area contributed by atoms with Crippen LogP contribution in [-0.2, 0) is 11.0 Å². The molecular formula is C18H14F3NO4. The molecule has 0 aliphatic heterocycles. The van der Waals surface area contributed by atoms with Crippen molar-refractivity contribution in [1.29, 1.82) is 5.26 Å². The molecule has 2 aromatic carbocycles. The Hall–Kier alpha value is -3.21. The molecule has 0 aliphatic carbocycles. The molecule has 0 saturated carbocycles. The highest BCUT2D eigenvalue weighted by Crippen LogP contribution is 2.36. The van der Waals surface area contributed by atoms with E-state index in [4.69, 9.17) is 19.5 Å². The van der Waals surface area contributed by atoms with Gasteiger partial charge < -0.3 is 14.2 Å². The molecule has 0 radical (unpaired) electrons. The number of esters is 1. The first-order valence-electron chi connectivity index (χ1n) is 7.39. The van der Waals surface area contributed by atoms with Crippen LogP contribution in [0.25, 0.3) is 0 Å². The highest BCUT2D eigenvalue weighted by Gasteiger charge is 2.35. The predicted octanol–water partition coefficient (Wildman–Crippen LogP) is 3.96. The zero-order chi connectivity index (χ0) is 19.3. The van der Waals surface area contributed by atoms with E-state index in [1.54, 1.807) is 0 Å². The zero-order valence-corrected chi connectivity index (χ0v) is 13.8. The summed E-state index contributed by atoms with van der Waals surface area (Å²) in [5, 5.41) is 8.85. The fourth-order valence-electron chi connectivity index (χ4n) is 2.05. The minimum atomic E-state index is -4.61. The van der Waals surface area contributed by atoms with E-state index in [-0.39, 0.29) is 11.5 Å².